The summed E-state index contributed by atoms with van der Waals surface area (Å²) in [6, 6.07) is 91.6. The Balaban J connectivity index is 1.07. The van der Waals surface area contributed by atoms with Crippen LogP contribution in [0.3, 0.4) is 0 Å². The molecule has 14 aromatic rings. The van der Waals surface area contributed by atoms with Crippen LogP contribution < -0.4 is 20.7 Å². The third-order valence-electron chi connectivity index (χ3n) is 14.1. The van der Waals surface area contributed by atoms with Gasteiger partial charge in [-0.15, -0.1) is 0 Å². The van der Waals surface area contributed by atoms with Crippen LogP contribution in [0.4, 0.5) is 0 Å². The van der Waals surface area contributed by atoms with E-state index in [0.717, 1.165) is 55.9 Å². The van der Waals surface area contributed by atoms with Gasteiger partial charge in [0.2, 0.25) is 5.78 Å². The van der Waals surface area contributed by atoms with E-state index in [1.165, 1.54) is 53.3 Å². The lowest BCUT2D eigenvalue weighted by molar-refractivity contribution is 1.11. The van der Waals surface area contributed by atoms with E-state index in [1.807, 2.05) is 0 Å². The predicted molar refractivity (Wildman–Crippen MR) is 282 cm³/mol. The zero-order valence-electron chi connectivity index (χ0n) is 36.4. The van der Waals surface area contributed by atoms with Gasteiger partial charge in [0.05, 0.1) is 49.8 Å². The van der Waals surface area contributed by atoms with Gasteiger partial charge < -0.3 is 9.13 Å². The highest BCUT2D eigenvalue weighted by atomic mass is 28.3. The maximum atomic E-state index is 5.27. The molecule has 5 nitrogen and oxygen atoms in total. The van der Waals surface area contributed by atoms with E-state index in [9.17, 15) is 0 Å². The first-order valence-corrected chi connectivity index (χ1v) is 25.0. The van der Waals surface area contributed by atoms with Crippen LogP contribution in [-0.4, -0.2) is 31.2 Å². The Hall–Kier alpha value is -8.71. The van der Waals surface area contributed by atoms with Crippen LogP contribution in [0.1, 0.15) is 0 Å². The zero-order valence-corrected chi connectivity index (χ0v) is 37.4. The van der Waals surface area contributed by atoms with Gasteiger partial charge in [0.1, 0.15) is 0 Å². The molecule has 0 radical (unpaired) electrons. The maximum absolute atomic E-state index is 5.27. The molecule has 314 valence electrons. The van der Waals surface area contributed by atoms with Gasteiger partial charge in [-0.1, -0.05) is 170 Å². The third-order valence-corrected chi connectivity index (χ3v) is 18.9. The number of aromatic nitrogens is 5. The summed E-state index contributed by atoms with van der Waals surface area (Å²) in [6.45, 7) is 0. The van der Waals surface area contributed by atoms with Crippen molar-refractivity contribution in [1.29, 1.82) is 0 Å². The largest absolute Gasteiger partial charge is 0.309 e. The molecule has 0 saturated carbocycles. The van der Waals surface area contributed by atoms with Gasteiger partial charge in [-0.3, -0.25) is 8.97 Å². The minimum absolute atomic E-state index is 0.893. The second-order valence-electron chi connectivity index (χ2n) is 17.6. The van der Waals surface area contributed by atoms with Crippen molar-refractivity contribution in [2.75, 3.05) is 0 Å². The van der Waals surface area contributed by atoms with Gasteiger partial charge in [0, 0.05) is 32.9 Å². The topological polar surface area (TPSA) is 32.1 Å². The highest BCUT2D eigenvalue weighted by Crippen LogP contribution is 2.39. The summed E-state index contributed by atoms with van der Waals surface area (Å²) < 4.78 is 9.55. The number of fused-ring (bicyclic) bond motifs is 11. The number of imidazole rings is 2. The molecule has 0 aliphatic rings. The quantitative estimate of drug-likeness (QED) is 0.116. The normalized spacial score (nSPS) is 12.2. The van der Waals surface area contributed by atoms with Crippen molar-refractivity contribution in [2.24, 2.45) is 0 Å². The number of nitrogens with zero attached hydrogens (tertiary/aromatic N) is 5. The van der Waals surface area contributed by atoms with Gasteiger partial charge in [-0.2, -0.15) is 0 Å². The lowest BCUT2D eigenvalue weighted by atomic mass is 10.1. The summed E-state index contributed by atoms with van der Waals surface area (Å²) in [7, 11) is -2.84. The SMILES string of the molecule is c1ccc([Si](c2ccccc2)(c2ccccc2)c2cccc(-n3c4ccc(-n5c6ccccc6c6ccccc65)cc4c4ccc(-n5c6ccccc6n6c7ccccc7nc56)cc43)c2)cc1. The molecule has 0 N–H and O–H groups in total. The Bertz CT molecular complexity index is 4070. The molecule has 10 aromatic carbocycles. The molecule has 0 amide bonds. The molecule has 6 heteroatoms. The average Bonchev–Trinajstić information content (AvgIpc) is 4.13. The van der Waals surface area contributed by atoms with Crippen LogP contribution in [0.15, 0.2) is 249 Å². The highest BCUT2D eigenvalue weighted by molar-refractivity contribution is 7.19. The fourth-order valence-electron chi connectivity index (χ4n) is 11.3. The Labute approximate surface area is 387 Å². The average molecular weight is 872 g/mol. The van der Waals surface area contributed by atoms with Gasteiger partial charge >= 0.3 is 0 Å². The number of benzene rings is 10. The van der Waals surface area contributed by atoms with E-state index in [2.05, 4.69) is 267 Å². The molecule has 0 aliphatic carbocycles. The first-order valence-electron chi connectivity index (χ1n) is 23.0. The number of hydrogen-bond donors (Lipinski definition) is 0. The molecule has 0 bridgehead atoms. The van der Waals surface area contributed by atoms with Gasteiger partial charge in [0.15, 0.2) is 8.07 Å². The minimum Gasteiger partial charge on any atom is -0.309 e. The maximum Gasteiger partial charge on any atom is 0.220 e. The Morgan fingerprint density at radius 2 is 0.731 bits per heavy atom. The lowest BCUT2D eigenvalue weighted by Crippen LogP contribution is -2.74. The van der Waals surface area contributed by atoms with Crippen molar-refractivity contribution in [3.63, 3.8) is 0 Å². The molecule has 0 unspecified atom stereocenters. The molecule has 14 rings (SSSR count). The van der Waals surface area contributed by atoms with Gasteiger partial charge in [-0.25, -0.2) is 4.98 Å². The van der Waals surface area contributed by atoms with E-state index in [1.54, 1.807) is 0 Å². The molecular formula is C61H41N5Si. The summed E-state index contributed by atoms with van der Waals surface area (Å²) in [5.74, 6) is 0.893. The molecule has 0 saturated heterocycles. The highest BCUT2D eigenvalue weighted by Gasteiger charge is 2.41. The van der Waals surface area contributed by atoms with Crippen molar-refractivity contribution < 1.29 is 0 Å². The second kappa shape index (κ2) is 14.7. The molecule has 0 atom stereocenters. The fourth-order valence-corrected chi connectivity index (χ4v) is 16.1. The van der Waals surface area contributed by atoms with Crippen molar-refractivity contribution in [3.05, 3.63) is 249 Å². The molecule has 4 aromatic heterocycles. The van der Waals surface area contributed by atoms with Crippen LogP contribution in [0.2, 0.25) is 0 Å². The first-order chi connectivity index (χ1) is 33.3. The summed E-state index contributed by atoms with van der Waals surface area (Å²) in [5, 5.41) is 10.2. The smallest absolute Gasteiger partial charge is 0.220 e. The van der Waals surface area contributed by atoms with Crippen molar-refractivity contribution >= 4 is 100 Å². The summed E-state index contributed by atoms with van der Waals surface area (Å²) in [4.78, 5) is 5.27. The first kappa shape index (κ1) is 37.6. The van der Waals surface area contributed by atoms with Crippen LogP contribution in [0.5, 0.6) is 0 Å². The van der Waals surface area contributed by atoms with E-state index < -0.39 is 8.07 Å². The van der Waals surface area contributed by atoms with Crippen molar-refractivity contribution in [2.45, 2.75) is 0 Å². The molecule has 0 fully saturated rings. The fraction of sp³-hybridized carbons (Fsp3) is 0. The monoisotopic (exact) mass is 871 g/mol. The molecule has 0 spiro atoms. The van der Waals surface area contributed by atoms with Gasteiger partial charge in [-0.05, 0) is 99.6 Å². The van der Waals surface area contributed by atoms with E-state index in [-0.39, 0.29) is 0 Å². The van der Waals surface area contributed by atoms with Crippen molar-refractivity contribution in [3.8, 4) is 17.1 Å². The number of hydrogen-bond acceptors (Lipinski definition) is 1. The van der Waals surface area contributed by atoms with E-state index in [0.29, 0.717) is 0 Å². The number of para-hydroxylation sites is 6. The Morgan fingerprint density at radius 1 is 0.269 bits per heavy atom. The molecule has 0 aliphatic heterocycles. The zero-order chi connectivity index (χ0) is 44.1. The standard InChI is InChI=1S/C61H41N5Si/c1-4-20-45(21-5-1)67(46-22-6-2-7-23-46,47-24-8-3-9-25-47)48-26-18-19-42(39-48)64-56-38-36-43(63-54-30-13-10-27-49(54)50-28-11-14-31-55(50)63)40-52(56)51-37-35-44(41-60(51)64)65-58-33-16-17-34-59(58)66-57-32-15-12-29-53(57)62-61(65)66/h1-41H. The lowest BCUT2D eigenvalue weighted by Gasteiger charge is -2.34. The van der Waals surface area contributed by atoms with Crippen LogP contribution >= 0.6 is 0 Å². The van der Waals surface area contributed by atoms with E-state index in [4.69, 9.17) is 4.98 Å². The van der Waals surface area contributed by atoms with Gasteiger partial charge in [0.25, 0.3) is 0 Å². The second-order valence-corrected chi connectivity index (χ2v) is 21.4. The minimum atomic E-state index is -2.84. The summed E-state index contributed by atoms with van der Waals surface area (Å²) >= 11 is 0. The summed E-state index contributed by atoms with van der Waals surface area (Å²) in [6.07, 6.45) is 0. The number of rotatable bonds is 7. The van der Waals surface area contributed by atoms with Crippen LogP contribution in [-0.2, 0) is 0 Å². The Kier molecular flexibility index (Phi) is 8.23. The van der Waals surface area contributed by atoms with Crippen LogP contribution in [0.25, 0.3) is 88.5 Å². The molecular weight excluding hydrogens is 831 g/mol. The summed E-state index contributed by atoms with van der Waals surface area (Å²) in [5.41, 5.74) is 12.3. The predicted octanol–water partition coefficient (Wildman–Crippen LogP) is 12.0. The molecule has 67 heavy (non-hydrogen) atoms. The van der Waals surface area contributed by atoms with Crippen LogP contribution in [0, 0.1) is 0 Å². The Morgan fingerprint density at radius 3 is 1.39 bits per heavy atom. The van der Waals surface area contributed by atoms with Crippen molar-refractivity contribution in [1.82, 2.24) is 23.1 Å². The molecule has 4 heterocycles. The third kappa shape index (κ3) is 5.45. The van der Waals surface area contributed by atoms with E-state index >= 15 is 0 Å².